The minimum absolute atomic E-state index is 0.254. The first-order valence-electron chi connectivity index (χ1n) is 5.27. The van der Waals surface area contributed by atoms with E-state index < -0.39 is 0 Å². The molecule has 2 heterocycles. The molecular weight excluding hydrogens is 190 g/mol. The fourth-order valence-electron chi connectivity index (χ4n) is 1.76. The normalized spacial score (nSPS) is 25.5. The summed E-state index contributed by atoms with van der Waals surface area (Å²) < 4.78 is 5.48. The van der Waals surface area contributed by atoms with E-state index in [2.05, 4.69) is 17.2 Å². The summed E-state index contributed by atoms with van der Waals surface area (Å²) in [6, 6.07) is 2.33. The standard InChI is InChI=1S/C11H17N3O/c1-7-5-11(13-6-9(7)12)14-10-3-4-15-8(10)2/h5-6,8,10H,3-4,12H2,1-2H3,(H,13,14). The van der Waals surface area contributed by atoms with E-state index in [0.29, 0.717) is 6.04 Å². The van der Waals surface area contributed by atoms with Crippen molar-refractivity contribution in [2.75, 3.05) is 17.7 Å². The van der Waals surface area contributed by atoms with Crippen LogP contribution in [0.25, 0.3) is 0 Å². The van der Waals surface area contributed by atoms with Gasteiger partial charge in [-0.2, -0.15) is 0 Å². The van der Waals surface area contributed by atoms with Crippen LogP contribution < -0.4 is 11.1 Å². The van der Waals surface area contributed by atoms with Crippen LogP contribution in [0.2, 0.25) is 0 Å². The van der Waals surface area contributed by atoms with E-state index in [1.54, 1.807) is 6.20 Å². The molecule has 2 rings (SSSR count). The van der Waals surface area contributed by atoms with Gasteiger partial charge in [0.2, 0.25) is 0 Å². The average Bonchev–Trinajstić information content (AvgIpc) is 2.59. The van der Waals surface area contributed by atoms with Crippen LogP contribution in [0.1, 0.15) is 18.9 Å². The smallest absolute Gasteiger partial charge is 0.126 e. The maximum absolute atomic E-state index is 5.71. The van der Waals surface area contributed by atoms with Gasteiger partial charge in [0.15, 0.2) is 0 Å². The van der Waals surface area contributed by atoms with Gasteiger partial charge in [0.25, 0.3) is 0 Å². The molecule has 2 atom stereocenters. The lowest BCUT2D eigenvalue weighted by atomic mass is 10.1. The van der Waals surface area contributed by atoms with Crippen molar-refractivity contribution < 1.29 is 4.74 Å². The van der Waals surface area contributed by atoms with Gasteiger partial charge in [-0.1, -0.05) is 0 Å². The third-order valence-electron chi connectivity index (χ3n) is 2.86. The lowest BCUT2D eigenvalue weighted by Crippen LogP contribution is -2.27. The Balaban J connectivity index is 2.07. The highest BCUT2D eigenvalue weighted by molar-refractivity contribution is 5.51. The summed E-state index contributed by atoms with van der Waals surface area (Å²) >= 11 is 0. The molecule has 82 valence electrons. The Morgan fingerprint density at radius 1 is 1.60 bits per heavy atom. The first-order valence-corrected chi connectivity index (χ1v) is 5.27. The topological polar surface area (TPSA) is 60.2 Å². The van der Waals surface area contributed by atoms with Crippen LogP contribution in [0.5, 0.6) is 0 Å². The number of nitrogen functional groups attached to an aromatic ring is 1. The second-order valence-corrected chi connectivity index (χ2v) is 4.04. The van der Waals surface area contributed by atoms with E-state index in [4.69, 9.17) is 10.5 Å². The maximum Gasteiger partial charge on any atom is 0.126 e. The van der Waals surface area contributed by atoms with Gasteiger partial charge in [-0.3, -0.25) is 0 Å². The molecule has 4 heteroatoms. The third kappa shape index (κ3) is 2.21. The Hall–Kier alpha value is -1.29. The number of anilines is 2. The third-order valence-corrected chi connectivity index (χ3v) is 2.86. The number of nitrogens with zero attached hydrogens (tertiary/aromatic N) is 1. The number of pyridine rings is 1. The monoisotopic (exact) mass is 207 g/mol. The fraction of sp³-hybridized carbons (Fsp3) is 0.545. The summed E-state index contributed by atoms with van der Waals surface area (Å²) in [5.41, 5.74) is 7.50. The van der Waals surface area contributed by atoms with E-state index >= 15 is 0 Å². The van der Waals surface area contributed by atoms with Crippen LogP contribution in [-0.4, -0.2) is 23.7 Å². The number of hydrogen-bond donors (Lipinski definition) is 2. The predicted octanol–water partition coefficient (Wildman–Crippen LogP) is 1.56. The molecule has 2 unspecified atom stereocenters. The van der Waals surface area contributed by atoms with E-state index in [1.807, 2.05) is 13.0 Å². The molecule has 0 aromatic carbocycles. The Bertz CT molecular complexity index is 354. The summed E-state index contributed by atoms with van der Waals surface area (Å²) in [5, 5.41) is 3.37. The van der Waals surface area contributed by atoms with Crippen molar-refractivity contribution >= 4 is 11.5 Å². The molecular formula is C11H17N3O. The number of ether oxygens (including phenoxy) is 1. The molecule has 15 heavy (non-hydrogen) atoms. The summed E-state index contributed by atoms with van der Waals surface area (Å²) in [7, 11) is 0. The number of rotatable bonds is 2. The minimum atomic E-state index is 0.254. The zero-order chi connectivity index (χ0) is 10.8. The SMILES string of the molecule is Cc1cc(NC2CCOC2C)ncc1N. The van der Waals surface area contributed by atoms with Gasteiger partial charge < -0.3 is 15.8 Å². The second-order valence-electron chi connectivity index (χ2n) is 4.04. The highest BCUT2D eigenvalue weighted by Gasteiger charge is 2.24. The molecule has 0 radical (unpaired) electrons. The predicted molar refractivity (Wildman–Crippen MR) is 60.8 cm³/mol. The first kappa shape index (κ1) is 10.2. The molecule has 1 fully saturated rings. The highest BCUT2D eigenvalue weighted by atomic mass is 16.5. The number of aromatic nitrogens is 1. The average molecular weight is 207 g/mol. The number of hydrogen-bond acceptors (Lipinski definition) is 4. The summed E-state index contributed by atoms with van der Waals surface area (Å²) in [4.78, 5) is 4.25. The summed E-state index contributed by atoms with van der Waals surface area (Å²) in [6.45, 7) is 4.89. The van der Waals surface area contributed by atoms with Crippen LogP contribution >= 0.6 is 0 Å². The lowest BCUT2D eigenvalue weighted by Gasteiger charge is -2.17. The molecule has 3 N–H and O–H groups in total. The van der Waals surface area contributed by atoms with Crippen molar-refractivity contribution in [1.29, 1.82) is 0 Å². The first-order chi connectivity index (χ1) is 7.16. The molecule has 1 aliphatic rings. The number of nitrogens with one attached hydrogen (secondary N) is 1. The van der Waals surface area contributed by atoms with E-state index in [0.717, 1.165) is 30.1 Å². The van der Waals surface area contributed by atoms with Gasteiger partial charge in [-0.05, 0) is 31.9 Å². The van der Waals surface area contributed by atoms with Crippen molar-refractivity contribution in [2.24, 2.45) is 0 Å². The van der Waals surface area contributed by atoms with E-state index in [1.165, 1.54) is 0 Å². The fourth-order valence-corrected chi connectivity index (χ4v) is 1.76. The summed E-state index contributed by atoms with van der Waals surface area (Å²) in [5.74, 6) is 0.879. The van der Waals surface area contributed by atoms with Gasteiger partial charge in [0, 0.05) is 6.61 Å². The Labute approximate surface area is 89.8 Å². The molecule has 0 spiro atoms. The van der Waals surface area contributed by atoms with E-state index in [9.17, 15) is 0 Å². The molecule has 1 aromatic heterocycles. The molecule has 0 amide bonds. The molecule has 4 nitrogen and oxygen atoms in total. The zero-order valence-corrected chi connectivity index (χ0v) is 9.16. The Kier molecular flexibility index (Phi) is 2.77. The van der Waals surface area contributed by atoms with Crippen LogP contribution in [0.15, 0.2) is 12.3 Å². The van der Waals surface area contributed by atoms with Gasteiger partial charge in [-0.25, -0.2) is 4.98 Å². The van der Waals surface area contributed by atoms with Crippen LogP contribution in [0.4, 0.5) is 11.5 Å². The number of nitrogens with two attached hydrogens (primary N) is 1. The molecule has 0 aliphatic carbocycles. The largest absolute Gasteiger partial charge is 0.397 e. The maximum atomic E-state index is 5.71. The molecule has 1 aromatic rings. The van der Waals surface area contributed by atoms with Gasteiger partial charge in [0.1, 0.15) is 5.82 Å². The van der Waals surface area contributed by atoms with Crippen molar-refractivity contribution in [3.05, 3.63) is 17.8 Å². The van der Waals surface area contributed by atoms with Crippen molar-refractivity contribution in [3.63, 3.8) is 0 Å². The lowest BCUT2D eigenvalue weighted by molar-refractivity contribution is 0.121. The molecule has 0 bridgehead atoms. The van der Waals surface area contributed by atoms with E-state index in [-0.39, 0.29) is 6.10 Å². The van der Waals surface area contributed by atoms with Crippen molar-refractivity contribution in [1.82, 2.24) is 4.98 Å². The number of aryl methyl sites for hydroxylation is 1. The Morgan fingerprint density at radius 2 is 2.40 bits per heavy atom. The zero-order valence-electron chi connectivity index (χ0n) is 9.16. The second kappa shape index (κ2) is 4.06. The van der Waals surface area contributed by atoms with Gasteiger partial charge in [-0.15, -0.1) is 0 Å². The molecule has 1 saturated heterocycles. The molecule has 0 saturated carbocycles. The van der Waals surface area contributed by atoms with Crippen molar-refractivity contribution in [3.8, 4) is 0 Å². The highest BCUT2D eigenvalue weighted by Crippen LogP contribution is 2.19. The molecule has 1 aliphatic heterocycles. The van der Waals surface area contributed by atoms with Crippen LogP contribution in [0.3, 0.4) is 0 Å². The minimum Gasteiger partial charge on any atom is -0.397 e. The van der Waals surface area contributed by atoms with Crippen LogP contribution in [0, 0.1) is 6.92 Å². The Morgan fingerprint density at radius 3 is 3.00 bits per heavy atom. The summed E-state index contributed by atoms with van der Waals surface area (Å²) in [6.07, 6.45) is 2.98. The van der Waals surface area contributed by atoms with Gasteiger partial charge in [0.05, 0.1) is 24.0 Å². The quantitative estimate of drug-likeness (QED) is 0.772. The van der Waals surface area contributed by atoms with Crippen molar-refractivity contribution in [2.45, 2.75) is 32.4 Å². The van der Waals surface area contributed by atoms with Crippen LogP contribution in [-0.2, 0) is 4.74 Å². The van der Waals surface area contributed by atoms with Gasteiger partial charge >= 0.3 is 0 Å².